The number of amides is 1. The van der Waals surface area contributed by atoms with E-state index in [0.717, 1.165) is 29.1 Å². The average molecular weight is 303 g/mol. The van der Waals surface area contributed by atoms with Gasteiger partial charge in [-0.15, -0.1) is 11.3 Å². The van der Waals surface area contributed by atoms with Crippen LogP contribution in [0.1, 0.15) is 22.7 Å². The molecule has 0 bridgehead atoms. The maximum Gasteiger partial charge on any atom is 0.228 e. The van der Waals surface area contributed by atoms with Crippen molar-refractivity contribution in [2.45, 2.75) is 25.8 Å². The van der Waals surface area contributed by atoms with Gasteiger partial charge in [0.15, 0.2) is 0 Å². The molecule has 1 aromatic heterocycles. The standard InChI is InChI=1S/C16H21N3OS/c1-19(11-13-6-3-2-4-7-13)16(20)10-14-12-21-15(18-14)8-5-9-17/h2-4,6-7,12H,5,8-11,17H2,1H3. The molecule has 0 saturated carbocycles. The summed E-state index contributed by atoms with van der Waals surface area (Å²) in [5.41, 5.74) is 7.49. The van der Waals surface area contributed by atoms with E-state index in [1.54, 1.807) is 16.2 Å². The molecule has 112 valence electrons. The molecule has 0 radical (unpaired) electrons. The molecule has 0 spiro atoms. The topological polar surface area (TPSA) is 59.2 Å². The van der Waals surface area contributed by atoms with E-state index in [0.29, 0.717) is 19.5 Å². The number of rotatable bonds is 7. The molecule has 0 saturated heterocycles. The normalized spacial score (nSPS) is 10.6. The summed E-state index contributed by atoms with van der Waals surface area (Å²) in [5, 5.41) is 3.04. The maximum atomic E-state index is 12.2. The molecule has 1 heterocycles. The molecule has 5 heteroatoms. The van der Waals surface area contributed by atoms with Crippen molar-refractivity contribution in [1.29, 1.82) is 0 Å². The quantitative estimate of drug-likeness (QED) is 0.853. The van der Waals surface area contributed by atoms with Gasteiger partial charge in [-0.25, -0.2) is 4.98 Å². The lowest BCUT2D eigenvalue weighted by Gasteiger charge is -2.16. The zero-order valence-electron chi connectivity index (χ0n) is 12.3. The van der Waals surface area contributed by atoms with E-state index in [4.69, 9.17) is 5.73 Å². The van der Waals surface area contributed by atoms with Crippen LogP contribution in [0.2, 0.25) is 0 Å². The highest BCUT2D eigenvalue weighted by molar-refractivity contribution is 7.09. The second-order valence-corrected chi connectivity index (χ2v) is 5.98. The minimum atomic E-state index is 0.0922. The Kier molecular flexibility index (Phi) is 5.90. The number of thiazole rings is 1. The minimum Gasteiger partial charge on any atom is -0.341 e. The third-order valence-electron chi connectivity index (χ3n) is 3.21. The fourth-order valence-electron chi connectivity index (χ4n) is 2.03. The van der Waals surface area contributed by atoms with Gasteiger partial charge in [0.2, 0.25) is 5.91 Å². The van der Waals surface area contributed by atoms with Crippen molar-refractivity contribution in [1.82, 2.24) is 9.88 Å². The number of likely N-dealkylation sites (N-methyl/N-ethyl adjacent to an activating group) is 1. The summed E-state index contributed by atoms with van der Waals surface area (Å²) in [4.78, 5) is 18.4. The molecule has 21 heavy (non-hydrogen) atoms. The molecular formula is C16H21N3OS. The molecule has 0 fully saturated rings. The smallest absolute Gasteiger partial charge is 0.228 e. The number of nitrogens with zero attached hydrogens (tertiary/aromatic N) is 2. The van der Waals surface area contributed by atoms with Gasteiger partial charge in [-0.1, -0.05) is 30.3 Å². The van der Waals surface area contributed by atoms with Gasteiger partial charge >= 0.3 is 0 Å². The molecule has 0 aliphatic carbocycles. The Balaban J connectivity index is 1.87. The summed E-state index contributed by atoms with van der Waals surface area (Å²) in [6.07, 6.45) is 2.20. The Morgan fingerprint density at radius 3 is 2.81 bits per heavy atom. The SMILES string of the molecule is CN(Cc1ccccc1)C(=O)Cc1csc(CCCN)n1. The molecular weight excluding hydrogens is 282 g/mol. The van der Waals surface area contributed by atoms with Gasteiger partial charge in [-0.3, -0.25) is 4.79 Å². The first-order valence-electron chi connectivity index (χ1n) is 7.10. The summed E-state index contributed by atoms with van der Waals surface area (Å²) in [6.45, 7) is 1.30. The lowest BCUT2D eigenvalue weighted by molar-refractivity contribution is -0.129. The number of hydrogen-bond donors (Lipinski definition) is 1. The van der Waals surface area contributed by atoms with E-state index in [1.807, 2.05) is 42.8 Å². The van der Waals surface area contributed by atoms with Crippen LogP contribution in [-0.2, 0) is 24.2 Å². The van der Waals surface area contributed by atoms with E-state index in [1.165, 1.54) is 0 Å². The van der Waals surface area contributed by atoms with Crippen LogP contribution in [0.15, 0.2) is 35.7 Å². The van der Waals surface area contributed by atoms with Crippen molar-refractivity contribution < 1.29 is 4.79 Å². The lowest BCUT2D eigenvalue weighted by atomic mass is 10.2. The van der Waals surface area contributed by atoms with Crippen molar-refractivity contribution in [3.8, 4) is 0 Å². The molecule has 0 unspecified atom stereocenters. The van der Waals surface area contributed by atoms with Crippen molar-refractivity contribution in [2.24, 2.45) is 5.73 Å². The van der Waals surface area contributed by atoms with Crippen LogP contribution in [-0.4, -0.2) is 29.4 Å². The Morgan fingerprint density at radius 2 is 2.10 bits per heavy atom. The number of aryl methyl sites for hydroxylation is 1. The zero-order chi connectivity index (χ0) is 15.1. The molecule has 1 amide bonds. The largest absolute Gasteiger partial charge is 0.341 e. The third-order valence-corrected chi connectivity index (χ3v) is 4.17. The van der Waals surface area contributed by atoms with Gasteiger partial charge in [-0.2, -0.15) is 0 Å². The summed E-state index contributed by atoms with van der Waals surface area (Å²) < 4.78 is 0. The lowest BCUT2D eigenvalue weighted by Crippen LogP contribution is -2.27. The second-order valence-electron chi connectivity index (χ2n) is 5.04. The number of nitrogens with two attached hydrogens (primary N) is 1. The first-order chi connectivity index (χ1) is 10.2. The molecule has 2 rings (SSSR count). The maximum absolute atomic E-state index is 12.2. The fourth-order valence-corrected chi connectivity index (χ4v) is 2.87. The average Bonchev–Trinajstić information content (AvgIpc) is 2.93. The molecule has 0 atom stereocenters. The highest BCUT2D eigenvalue weighted by Crippen LogP contribution is 2.13. The van der Waals surface area contributed by atoms with Crippen LogP contribution in [0, 0.1) is 0 Å². The highest BCUT2D eigenvalue weighted by Gasteiger charge is 2.12. The molecule has 0 aliphatic rings. The van der Waals surface area contributed by atoms with E-state index in [9.17, 15) is 4.79 Å². The predicted octanol–water partition coefficient (Wildman–Crippen LogP) is 2.24. The molecule has 1 aromatic carbocycles. The van der Waals surface area contributed by atoms with Gasteiger partial charge in [0.25, 0.3) is 0 Å². The number of aromatic nitrogens is 1. The van der Waals surface area contributed by atoms with Crippen LogP contribution >= 0.6 is 11.3 Å². The van der Waals surface area contributed by atoms with Crippen LogP contribution in [0.25, 0.3) is 0 Å². The van der Waals surface area contributed by atoms with Gasteiger partial charge in [0.05, 0.1) is 17.1 Å². The Labute approximate surface area is 129 Å². The number of hydrogen-bond acceptors (Lipinski definition) is 4. The van der Waals surface area contributed by atoms with Gasteiger partial charge in [0, 0.05) is 25.4 Å². The predicted molar refractivity (Wildman–Crippen MR) is 86.1 cm³/mol. The van der Waals surface area contributed by atoms with Crippen LogP contribution in [0.5, 0.6) is 0 Å². The van der Waals surface area contributed by atoms with E-state index in [-0.39, 0.29) is 5.91 Å². The van der Waals surface area contributed by atoms with E-state index in [2.05, 4.69) is 4.98 Å². The van der Waals surface area contributed by atoms with Crippen molar-refractivity contribution >= 4 is 17.2 Å². The van der Waals surface area contributed by atoms with Crippen LogP contribution in [0.4, 0.5) is 0 Å². The Morgan fingerprint density at radius 1 is 1.33 bits per heavy atom. The first kappa shape index (κ1) is 15.7. The summed E-state index contributed by atoms with van der Waals surface area (Å²) in [5.74, 6) is 0.0922. The monoisotopic (exact) mass is 303 g/mol. The fraction of sp³-hybridized carbons (Fsp3) is 0.375. The molecule has 2 aromatic rings. The van der Waals surface area contributed by atoms with Crippen molar-refractivity contribution in [2.75, 3.05) is 13.6 Å². The first-order valence-corrected chi connectivity index (χ1v) is 7.98. The summed E-state index contributed by atoms with van der Waals surface area (Å²) in [7, 11) is 1.83. The number of benzene rings is 1. The van der Waals surface area contributed by atoms with E-state index >= 15 is 0 Å². The van der Waals surface area contributed by atoms with Gasteiger partial charge in [0.1, 0.15) is 0 Å². The summed E-state index contributed by atoms with van der Waals surface area (Å²) in [6, 6.07) is 9.99. The zero-order valence-corrected chi connectivity index (χ0v) is 13.1. The molecule has 0 aliphatic heterocycles. The van der Waals surface area contributed by atoms with Gasteiger partial charge in [-0.05, 0) is 18.5 Å². The second kappa shape index (κ2) is 7.90. The van der Waals surface area contributed by atoms with Gasteiger partial charge < -0.3 is 10.6 Å². The summed E-state index contributed by atoms with van der Waals surface area (Å²) >= 11 is 1.61. The van der Waals surface area contributed by atoms with Crippen molar-refractivity contribution in [3.05, 3.63) is 52.0 Å². The van der Waals surface area contributed by atoms with E-state index < -0.39 is 0 Å². The highest BCUT2D eigenvalue weighted by atomic mass is 32.1. The minimum absolute atomic E-state index is 0.0922. The molecule has 4 nitrogen and oxygen atoms in total. The van der Waals surface area contributed by atoms with Crippen LogP contribution in [0.3, 0.4) is 0 Å². The number of carbonyl (C=O) groups excluding carboxylic acids is 1. The third kappa shape index (κ3) is 4.95. The van der Waals surface area contributed by atoms with Crippen molar-refractivity contribution in [3.63, 3.8) is 0 Å². The Bertz CT molecular complexity index is 568. The number of carbonyl (C=O) groups is 1. The van der Waals surface area contributed by atoms with Crippen LogP contribution < -0.4 is 5.73 Å². The molecule has 2 N–H and O–H groups in total. The Hall–Kier alpha value is -1.72.